The first kappa shape index (κ1) is 23.4. The minimum absolute atomic E-state index is 0.0759. The Bertz CT molecular complexity index is 738. The van der Waals surface area contributed by atoms with E-state index in [1.54, 1.807) is 35.1 Å². The molecule has 0 spiro atoms. The molecule has 0 bridgehead atoms. The Kier molecular flexibility index (Phi) is 7.10. The molecule has 1 aromatic rings. The van der Waals surface area contributed by atoms with Gasteiger partial charge < -0.3 is 4.74 Å². The molecule has 0 aliphatic rings. The highest BCUT2D eigenvalue weighted by atomic mass is 32.2. The number of nitrogens with one attached hydrogen (secondary N) is 1. The predicted molar refractivity (Wildman–Crippen MR) is 96.3 cm³/mol. The fraction of sp³-hybridized carbons (Fsp3) is 0.611. The van der Waals surface area contributed by atoms with E-state index >= 15 is 0 Å². The molecule has 0 aliphatic heterocycles. The number of benzene rings is 1. The van der Waals surface area contributed by atoms with Gasteiger partial charge in [0.15, 0.2) is 0 Å². The number of alkyl halides is 3. The molecule has 0 saturated heterocycles. The molecule has 0 amide bonds. The van der Waals surface area contributed by atoms with Crippen molar-refractivity contribution in [2.45, 2.75) is 64.6 Å². The maximum atomic E-state index is 13.4. The number of halogens is 3. The molecule has 5 nitrogen and oxygen atoms in total. The van der Waals surface area contributed by atoms with E-state index in [9.17, 15) is 26.4 Å². The van der Waals surface area contributed by atoms with Crippen molar-refractivity contribution in [2.75, 3.05) is 0 Å². The van der Waals surface area contributed by atoms with E-state index < -0.39 is 44.8 Å². The van der Waals surface area contributed by atoms with Crippen LogP contribution in [-0.4, -0.2) is 31.4 Å². The van der Waals surface area contributed by atoms with E-state index in [0.717, 1.165) is 0 Å². The Morgan fingerprint density at radius 1 is 1.07 bits per heavy atom. The van der Waals surface area contributed by atoms with Crippen LogP contribution in [0.5, 0.6) is 0 Å². The lowest BCUT2D eigenvalue weighted by molar-refractivity contribution is -0.169. The van der Waals surface area contributed by atoms with Crippen molar-refractivity contribution in [3.8, 4) is 0 Å². The Hall–Kier alpha value is -1.61. The molecule has 0 unspecified atom stereocenters. The molecule has 0 aromatic heterocycles. The molecule has 154 valence electrons. The third-order valence-electron chi connectivity index (χ3n) is 3.98. The molecule has 0 radical (unpaired) electrons. The highest BCUT2D eigenvalue weighted by Crippen LogP contribution is 2.33. The molecular formula is C18H26F3NO4S. The zero-order valence-electron chi connectivity index (χ0n) is 16.1. The maximum absolute atomic E-state index is 13.4. The minimum atomic E-state index is -4.85. The highest BCUT2D eigenvalue weighted by Gasteiger charge is 2.48. The van der Waals surface area contributed by atoms with E-state index in [1.807, 2.05) is 0 Å². The molecule has 0 fully saturated rings. The Balaban J connectivity index is 2.90. The van der Waals surface area contributed by atoms with Gasteiger partial charge in [0.2, 0.25) is 10.0 Å². The molecule has 1 aromatic carbocycles. The van der Waals surface area contributed by atoms with E-state index in [-0.39, 0.29) is 6.61 Å². The maximum Gasteiger partial charge on any atom is 0.404 e. The summed E-state index contributed by atoms with van der Waals surface area (Å²) < 4.78 is 69.9. The third-order valence-corrected chi connectivity index (χ3v) is 6.19. The fourth-order valence-corrected chi connectivity index (χ4v) is 3.05. The molecule has 9 heteroatoms. The van der Waals surface area contributed by atoms with Crippen LogP contribution in [0.25, 0.3) is 0 Å². The predicted octanol–water partition coefficient (Wildman–Crippen LogP) is 3.79. The standard InChI is InChI=1S/C18H26F3NO4S/c1-16(2,3)27(24,25)22-14(18(19,20)21)11-17(4,5)15(23)26-12-13-9-7-6-8-10-13/h6-10,14,22H,11-12H2,1-5H3/t14-/m0/s1. The SMILES string of the molecule is CC(C)(C[C@H](NS(=O)(=O)C(C)(C)C)C(F)(F)F)C(=O)OCc1ccccc1. The van der Waals surface area contributed by atoms with E-state index in [4.69, 9.17) is 4.74 Å². The Morgan fingerprint density at radius 3 is 2.04 bits per heavy atom. The van der Waals surface area contributed by atoms with Crippen LogP contribution >= 0.6 is 0 Å². The average Bonchev–Trinajstić information content (AvgIpc) is 2.50. The molecule has 1 N–H and O–H groups in total. The van der Waals surface area contributed by atoms with Gasteiger partial charge in [-0.25, -0.2) is 13.1 Å². The summed E-state index contributed by atoms with van der Waals surface area (Å²) in [5.41, 5.74) is -0.850. The smallest absolute Gasteiger partial charge is 0.404 e. The number of rotatable bonds is 7. The summed E-state index contributed by atoms with van der Waals surface area (Å²) in [6, 6.07) is 6.31. The van der Waals surface area contributed by atoms with E-state index in [2.05, 4.69) is 0 Å². The number of carbonyl (C=O) groups is 1. The van der Waals surface area contributed by atoms with Crippen LogP contribution in [0.2, 0.25) is 0 Å². The summed E-state index contributed by atoms with van der Waals surface area (Å²) >= 11 is 0. The summed E-state index contributed by atoms with van der Waals surface area (Å²) in [6.45, 7) is 6.40. The van der Waals surface area contributed by atoms with Crippen LogP contribution in [0.1, 0.15) is 46.6 Å². The first-order chi connectivity index (χ1) is 12.1. The van der Waals surface area contributed by atoms with E-state index in [0.29, 0.717) is 5.56 Å². The number of esters is 1. The van der Waals surface area contributed by atoms with Gasteiger partial charge in [-0.3, -0.25) is 4.79 Å². The monoisotopic (exact) mass is 409 g/mol. The summed E-state index contributed by atoms with van der Waals surface area (Å²) in [6.07, 6.45) is -5.63. The van der Waals surface area contributed by atoms with Crippen molar-refractivity contribution < 1.29 is 31.1 Å². The number of hydrogen-bond acceptors (Lipinski definition) is 4. The number of carbonyl (C=O) groups excluding carboxylic acids is 1. The van der Waals surface area contributed by atoms with Crippen molar-refractivity contribution in [2.24, 2.45) is 5.41 Å². The first-order valence-corrected chi connectivity index (χ1v) is 9.84. The largest absolute Gasteiger partial charge is 0.460 e. The number of ether oxygens (including phenoxy) is 1. The van der Waals surface area contributed by atoms with Gasteiger partial charge in [-0.15, -0.1) is 0 Å². The van der Waals surface area contributed by atoms with Crippen molar-refractivity contribution in [3.05, 3.63) is 35.9 Å². The van der Waals surface area contributed by atoms with Crippen LogP contribution in [0.4, 0.5) is 13.2 Å². The van der Waals surface area contributed by atoms with Crippen molar-refractivity contribution in [3.63, 3.8) is 0 Å². The molecule has 0 heterocycles. The van der Waals surface area contributed by atoms with Crippen LogP contribution in [0.15, 0.2) is 30.3 Å². The summed E-state index contributed by atoms with van der Waals surface area (Å²) in [7, 11) is -4.26. The van der Waals surface area contributed by atoms with Gasteiger partial charge in [-0.2, -0.15) is 13.2 Å². The Labute approximate surface area is 158 Å². The second kappa shape index (κ2) is 8.18. The molecular weight excluding hydrogens is 383 g/mol. The first-order valence-electron chi connectivity index (χ1n) is 8.36. The van der Waals surface area contributed by atoms with Gasteiger partial charge in [0.05, 0.1) is 10.2 Å². The lowest BCUT2D eigenvalue weighted by Gasteiger charge is -2.31. The van der Waals surface area contributed by atoms with Crippen molar-refractivity contribution in [1.82, 2.24) is 4.72 Å². The van der Waals surface area contributed by atoms with Gasteiger partial charge in [0.25, 0.3) is 0 Å². The van der Waals surface area contributed by atoms with Crippen molar-refractivity contribution >= 4 is 16.0 Å². The molecule has 0 saturated carbocycles. The van der Waals surface area contributed by atoms with Gasteiger partial charge in [0, 0.05) is 0 Å². The van der Waals surface area contributed by atoms with Crippen molar-refractivity contribution in [1.29, 1.82) is 0 Å². The zero-order chi connectivity index (χ0) is 21.1. The quantitative estimate of drug-likeness (QED) is 0.696. The normalized spacial score (nSPS) is 14.7. The zero-order valence-corrected chi connectivity index (χ0v) is 16.9. The topological polar surface area (TPSA) is 72.5 Å². The van der Waals surface area contributed by atoms with Gasteiger partial charge >= 0.3 is 12.1 Å². The van der Waals surface area contributed by atoms with Crippen LogP contribution in [0.3, 0.4) is 0 Å². The van der Waals surface area contributed by atoms with Crippen LogP contribution in [-0.2, 0) is 26.2 Å². The highest BCUT2D eigenvalue weighted by molar-refractivity contribution is 7.90. The molecule has 1 atom stereocenters. The second-order valence-corrected chi connectivity index (χ2v) is 10.4. The number of sulfonamides is 1. The summed E-state index contributed by atoms with van der Waals surface area (Å²) in [5.74, 6) is -0.837. The minimum Gasteiger partial charge on any atom is -0.460 e. The summed E-state index contributed by atoms with van der Waals surface area (Å²) in [4.78, 5) is 12.3. The summed E-state index contributed by atoms with van der Waals surface area (Å²) in [5, 5.41) is 0. The molecule has 27 heavy (non-hydrogen) atoms. The van der Waals surface area contributed by atoms with Gasteiger partial charge in [-0.1, -0.05) is 30.3 Å². The van der Waals surface area contributed by atoms with Crippen LogP contribution in [0, 0.1) is 5.41 Å². The number of hydrogen-bond donors (Lipinski definition) is 1. The lowest BCUT2D eigenvalue weighted by Crippen LogP contribution is -2.53. The molecule has 0 aliphatic carbocycles. The second-order valence-electron chi connectivity index (χ2n) is 7.98. The Morgan fingerprint density at radius 2 is 1.59 bits per heavy atom. The van der Waals surface area contributed by atoms with E-state index in [1.165, 1.54) is 34.6 Å². The average molecular weight is 409 g/mol. The third kappa shape index (κ3) is 6.80. The van der Waals surface area contributed by atoms with Gasteiger partial charge in [-0.05, 0) is 46.6 Å². The lowest BCUT2D eigenvalue weighted by atomic mass is 9.86. The fourth-order valence-electron chi connectivity index (χ4n) is 2.10. The van der Waals surface area contributed by atoms with Gasteiger partial charge in [0.1, 0.15) is 12.6 Å². The van der Waals surface area contributed by atoms with Crippen LogP contribution < -0.4 is 4.72 Å². The molecule has 1 rings (SSSR count).